The maximum atomic E-state index is 12.7. The molecule has 5 heteroatoms. The minimum atomic E-state index is -0.896. The van der Waals surface area contributed by atoms with Crippen molar-refractivity contribution in [1.82, 2.24) is 0 Å². The van der Waals surface area contributed by atoms with Gasteiger partial charge in [-0.25, -0.2) is 0 Å². The molecule has 4 saturated carbocycles. The van der Waals surface area contributed by atoms with E-state index in [1.54, 1.807) is 0 Å². The summed E-state index contributed by atoms with van der Waals surface area (Å²) in [5.41, 5.74) is 0. The van der Waals surface area contributed by atoms with Gasteiger partial charge in [0, 0.05) is 18.3 Å². The Morgan fingerprint density at radius 2 is 1.78 bits per heavy atom. The number of ketones is 1. The van der Waals surface area contributed by atoms with Gasteiger partial charge in [-0.05, 0) is 42.9 Å². The standard InChI is InChI=1S/C18H20O5/c19-13-6-12-10-4-9(5-11(10)13)16(12)23-18(22)15-8-2-1-7(3-8)14(15)17(20)21/h1-2,7-12,14-16H,3-6H2,(H,20,21). The van der Waals surface area contributed by atoms with Crippen LogP contribution in [0.5, 0.6) is 0 Å². The summed E-state index contributed by atoms with van der Waals surface area (Å²) in [6, 6.07) is 0. The number of esters is 1. The lowest BCUT2D eigenvalue weighted by atomic mass is 9.82. The zero-order valence-corrected chi connectivity index (χ0v) is 12.8. The van der Waals surface area contributed by atoms with Crippen molar-refractivity contribution in [2.24, 2.45) is 47.3 Å². The third-order valence-corrected chi connectivity index (χ3v) is 7.20. The lowest BCUT2D eigenvalue weighted by molar-refractivity contribution is -0.166. The van der Waals surface area contributed by atoms with Crippen molar-refractivity contribution in [2.75, 3.05) is 0 Å². The number of ether oxygens (including phenoxy) is 1. The van der Waals surface area contributed by atoms with Crippen LogP contribution >= 0.6 is 0 Å². The monoisotopic (exact) mass is 316 g/mol. The summed E-state index contributed by atoms with van der Waals surface area (Å²) < 4.78 is 5.85. The molecular formula is C18H20O5. The molecule has 5 aliphatic carbocycles. The Balaban J connectivity index is 1.36. The number of carboxylic acid groups (broad SMARTS) is 1. The van der Waals surface area contributed by atoms with Crippen LogP contribution in [-0.2, 0) is 19.1 Å². The summed E-state index contributed by atoms with van der Waals surface area (Å²) in [5.74, 6) is -1.02. The Morgan fingerprint density at radius 3 is 2.52 bits per heavy atom. The van der Waals surface area contributed by atoms with Gasteiger partial charge in [0.25, 0.3) is 0 Å². The van der Waals surface area contributed by atoms with Crippen molar-refractivity contribution in [3.05, 3.63) is 12.2 Å². The Bertz CT molecular complexity index is 637. The van der Waals surface area contributed by atoms with Crippen LogP contribution in [0.2, 0.25) is 0 Å². The van der Waals surface area contributed by atoms with Crippen molar-refractivity contribution >= 4 is 17.7 Å². The second kappa shape index (κ2) is 4.46. The lowest BCUT2D eigenvalue weighted by Gasteiger charge is -2.30. The zero-order valence-electron chi connectivity index (χ0n) is 12.8. The molecule has 5 aliphatic rings. The van der Waals surface area contributed by atoms with E-state index in [1.165, 1.54) is 0 Å². The third-order valence-electron chi connectivity index (χ3n) is 7.20. The van der Waals surface area contributed by atoms with E-state index in [0.29, 0.717) is 24.0 Å². The van der Waals surface area contributed by atoms with Crippen LogP contribution in [0, 0.1) is 47.3 Å². The van der Waals surface area contributed by atoms with Crippen LogP contribution in [0.4, 0.5) is 0 Å². The second-order valence-corrected chi connectivity index (χ2v) is 8.08. The van der Waals surface area contributed by atoms with E-state index in [4.69, 9.17) is 4.74 Å². The molecule has 0 aromatic rings. The van der Waals surface area contributed by atoms with Gasteiger partial charge in [-0.3, -0.25) is 14.4 Å². The van der Waals surface area contributed by atoms with E-state index in [-0.39, 0.29) is 35.7 Å². The van der Waals surface area contributed by atoms with E-state index >= 15 is 0 Å². The number of hydrogen-bond acceptors (Lipinski definition) is 4. The van der Waals surface area contributed by atoms with Gasteiger partial charge in [-0.1, -0.05) is 12.2 Å². The van der Waals surface area contributed by atoms with E-state index in [9.17, 15) is 19.5 Å². The molecule has 0 aromatic carbocycles. The van der Waals surface area contributed by atoms with Crippen LogP contribution in [0.25, 0.3) is 0 Å². The fourth-order valence-corrected chi connectivity index (χ4v) is 6.34. The number of hydrogen-bond donors (Lipinski definition) is 1. The fraction of sp³-hybridized carbons (Fsp3) is 0.722. The first-order valence-corrected chi connectivity index (χ1v) is 8.69. The first kappa shape index (κ1) is 13.8. The summed E-state index contributed by atoms with van der Waals surface area (Å²) in [6.07, 6.45) is 6.90. The highest BCUT2D eigenvalue weighted by molar-refractivity contribution is 5.86. The Labute approximate surface area is 134 Å². The van der Waals surface area contributed by atoms with Crippen molar-refractivity contribution < 1.29 is 24.2 Å². The number of aliphatic carboxylic acids is 1. The molecule has 0 aromatic heterocycles. The molecule has 0 radical (unpaired) electrons. The van der Waals surface area contributed by atoms with Crippen LogP contribution < -0.4 is 0 Å². The number of Topliss-reactive ketones (excluding diaryl/α,β-unsaturated/α-hetero) is 1. The quantitative estimate of drug-likeness (QED) is 0.633. The van der Waals surface area contributed by atoms with E-state index in [1.807, 2.05) is 12.2 Å². The summed E-state index contributed by atoms with van der Waals surface area (Å²) in [4.78, 5) is 36.3. The third kappa shape index (κ3) is 1.71. The highest BCUT2D eigenvalue weighted by Gasteiger charge is 2.62. The SMILES string of the molecule is O=C1CC2C3CC(CC13)C2OC(=O)C1C2C=CC(C2)C1C(=O)O. The fourth-order valence-electron chi connectivity index (χ4n) is 6.34. The highest BCUT2D eigenvalue weighted by Crippen LogP contribution is 2.59. The molecule has 9 unspecified atom stereocenters. The van der Waals surface area contributed by atoms with Gasteiger partial charge >= 0.3 is 11.9 Å². The molecule has 0 saturated heterocycles. The van der Waals surface area contributed by atoms with E-state index in [2.05, 4.69) is 0 Å². The molecule has 0 heterocycles. The molecule has 4 fully saturated rings. The Morgan fingerprint density at radius 1 is 1.04 bits per heavy atom. The molecule has 5 nitrogen and oxygen atoms in total. The predicted octanol–water partition coefficient (Wildman–Crippen LogP) is 1.67. The number of allylic oxidation sites excluding steroid dienone is 2. The highest BCUT2D eigenvalue weighted by atomic mass is 16.5. The van der Waals surface area contributed by atoms with Crippen molar-refractivity contribution in [3.63, 3.8) is 0 Å². The molecule has 0 amide bonds. The average molecular weight is 316 g/mol. The van der Waals surface area contributed by atoms with Crippen LogP contribution in [0.1, 0.15) is 25.7 Å². The normalized spacial score (nSPS) is 51.7. The zero-order chi connectivity index (χ0) is 15.9. The van der Waals surface area contributed by atoms with Crippen LogP contribution in [0.3, 0.4) is 0 Å². The first-order valence-electron chi connectivity index (χ1n) is 8.69. The molecule has 9 atom stereocenters. The minimum Gasteiger partial charge on any atom is -0.481 e. The molecule has 122 valence electrons. The number of fused-ring (bicyclic) bond motifs is 3. The Hall–Kier alpha value is -1.65. The molecule has 5 rings (SSSR count). The lowest BCUT2D eigenvalue weighted by Crippen LogP contribution is -2.39. The molecule has 4 bridgehead atoms. The second-order valence-electron chi connectivity index (χ2n) is 8.08. The largest absolute Gasteiger partial charge is 0.481 e. The van der Waals surface area contributed by atoms with Gasteiger partial charge < -0.3 is 9.84 Å². The summed E-state index contributed by atoms with van der Waals surface area (Å²) in [6.45, 7) is 0. The number of rotatable bonds is 3. The number of carbonyl (C=O) groups is 3. The average Bonchev–Trinajstić information content (AvgIpc) is 3.27. The molecule has 23 heavy (non-hydrogen) atoms. The van der Waals surface area contributed by atoms with Crippen LogP contribution in [-0.4, -0.2) is 28.9 Å². The maximum Gasteiger partial charge on any atom is 0.310 e. The van der Waals surface area contributed by atoms with Gasteiger partial charge in [0.2, 0.25) is 0 Å². The van der Waals surface area contributed by atoms with Crippen molar-refractivity contribution in [2.45, 2.75) is 31.8 Å². The molecule has 0 spiro atoms. The topological polar surface area (TPSA) is 80.7 Å². The van der Waals surface area contributed by atoms with Gasteiger partial charge in [0.05, 0.1) is 11.8 Å². The molecule has 0 aliphatic heterocycles. The van der Waals surface area contributed by atoms with E-state index in [0.717, 1.165) is 19.3 Å². The van der Waals surface area contributed by atoms with Gasteiger partial charge in [0.15, 0.2) is 0 Å². The smallest absolute Gasteiger partial charge is 0.310 e. The predicted molar refractivity (Wildman–Crippen MR) is 78.1 cm³/mol. The van der Waals surface area contributed by atoms with Gasteiger partial charge in [0.1, 0.15) is 11.9 Å². The summed E-state index contributed by atoms with van der Waals surface area (Å²) in [5, 5.41) is 9.47. The van der Waals surface area contributed by atoms with Crippen molar-refractivity contribution in [1.29, 1.82) is 0 Å². The Kier molecular flexibility index (Phi) is 2.67. The van der Waals surface area contributed by atoms with Gasteiger partial charge in [-0.15, -0.1) is 0 Å². The van der Waals surface area contributed by atoms with Gasteiger partial charge in [-0.2, -0.15) is 0 Å². The minimum absolute atomic E-state index is 0.00477. The molecule has 1 N–H and O–H groups in total. The maximum absolute atomic E-state index is 12.7. The van der Waals surface area contributed by atoms with E-state index < -0.39 is 17.8 Å². The first-order chi connectivity index (χ1) is 11.0. The van der Waals surface area contributed by atoms with Crippen LogP contribution in [0.15, 0.2) is 12.2 Å². The summed E-state index contributed by atoms with van der Waals surface area (Å²) >= 11 is 0. The number of carbonyl (C=O) groups excluding carboxylic acids is 2. The molecular weight excluding hydrogens is 296 g/mol. The van der Waals surface area contributed by atoms with Crippen molar-refractivity contribution in [3.8, 4) is 0 Å². The summed E-state index contributed by atoms with van der Waals surface area (Å²) in [7, 11) is 0. The number of carboxylic acids is 1.